The molecule has 4 heterocycles. The number of fused-ring (bicyclic) bond motifs is 1. The maximum atomic E-state index is 13.1. The predicted molar refractivity (Wildman–Crippen MR) is 96.9 cm³/mol. The average molecular weight is 359 g/mol. The number of carbonyl (C=O) groups excluding carboxylic acids is 1. The van der Waals surface area contributed by atoms with Crippen LogP contribution in [0.25, 0.3) is 10.2 Å². The second-order valence-corrected chi connectivity index (χ2v) is 7.89. The second kappa shape index (κ2) is 5.82. The molecule has 0 radical (unpaired) electrons. The van der Waals surface area contributed by atoms with Gasteiger partial charge < -0.3 is 9.47 Å². The number of hydrogen-bond acceptors (Lipinski definition) is 5. The van der Waals surface area contributed by atoms with Gasteiger partial charge in [-0.05, 0) is 47.7 Å². The van der Waals surface area contributed by atoms with E-state index in [0.29, 0.717) is 15.1 Å². The number of amides is 1. The van der Waals surface area contributed by atoms with E-state index in [-0.39, 0.29) is 17.5 Å². The Kier molecular flexibility index (Phi) is 3.77. The van der Waals surface area contributed by atoms with Gasteiger partial charge in [0.1, 0.15) is 4.83 Å². The summed E-state index contributed by atoms with van der Waals surface area (Å²) in [6.07, 6.45) is 3.52. The van der Waals surface area contributed by atoms with Gasteiger partial charge in [0, 0.05) is 13.6 Å². The molecule has 0 aromatic carbocycles. The normalized spacial score (nSPS) is 17.8. The van der Waals surface area contributed by atoms with Crippen LogP contribution in [0.4, 0.5) is 0 Å². The summed E-state index contributed by atoms with van der Waals surface area (Å²) in [5.74, 6) is 0.0197. The maximum absolute atomic E-state index is 13.1. The summed E-state index contributed by atoms with van der Waals surface area (Å²) in [6.45, 7) is 2.61. The van der Waals surface area contributed by atoms with Gasteiger partial charge in [0.05, 0.1) is 22.6 Å². The van der Waals surface area contributed by atoms with E-state index < -0.39 is 0 Å². The number of aromatic nitrogens is 2. The maximum Gasteiger partial charge on any atom is 0.264 e. The van der Waals surface area contributed by atoms with Crippen molar-refractivity contribution in [3.05, 3.63) is 49.5 Å². The lowest BCUT2D eigenvalue weighted by Gasteiger charge is -2.24. The van der Waals surface area contributed by atoms with Crippen LogP contribution >= 0.6 is 22.7 Å². The van der Waals surface area contributed by atoms with Crippen molar-refractivity contribution in [2.45, 2.75) is 25.8 Å². The first kappa shape index (κ1) is 15.5. The Morgan fingerprint density at radius 2 is 2.25 bits per heavy atom. The monoisotopic (exact) mass is 359 g/mol. The van der Waals surface area contributed by atoms with Crippen LogP contribution in [-0.4, -0.2) is 26.9 Å². The van der Waals surface area contributed by atoms with E-state index in [0.717, 1.165) is 24.9 Å². The number of nitrogens with zero attached hydrogens (tertiary/aromatic N) is 3. The topological polar surface area (TPSA) is 55.2 Å². The molecule has 24 heavy (non-hydrogen) atoms. The summed E-state index contributed by atoms with van der Waals surface area (Å²) in [5, 5.41) is 4.74. The third-order valence-corrected chi connectivity index (χ3v) is 6.54. The van der Waals surface area contributed by atoms with Crippen LogP contribution in [0, 0.1) is 6.92 Å². The second-order valence-electron chi connectivity index (χ2n) is 6.11. The van der Waals surface area contributed by atoms with E-state index in [1.807, 2.05) is 11.8 Å². The molecule has 5 nitrogen and oxygen atoms in total. The van der Waals surface area contributed by atoms with Crippen LogP contribution < -0.4 is 5.56 Å². The molecule has 3 aromatic rings. The van der Waals surface area contributed by atoms with Crippen molar-refractivity contribution in [1.29, 1.82) is 0 Å². The molecule has 0 aliphatic carbocycles. The highest BCUT2D eigenvalue weighted by Crippen LogP contribution is 2.36. The molecule has 1 fully saturated rings. The van der Waals surface area contributed by atoms with Crippen LogP contribution in [0.2, 0.25) is 0 Å². The van der Waals surface area contributed by atoms with Gasteiger partial charge in [-0.1, -0.05) is 0 Å². The Hall–Kier alpha value is -1.99. The summed E-state index contributed by atoms with van der Waals surface area (Å²) in [6, 6.07) is 2.24. The molecule has 1 aliphatic rings. The van der Waals surface area contributed by atoms with E-state index in [9.17, 15) is 9.59 Å². The molecule has 0 N–H and O–H groups in total. The van der Waals surface area contributed by atoms with E-state index in [1.165, 1.54) is 27.8 Å². The van der Waals surface area contributed by atoms with E-state index in [4.69, 9.17) is 0 Å². The van der Waals surface area contributed by atoms with Crippen molar-refractivity contribution in [1.82, 2.24) is 14.5 Å². The molecule has 0 bridgehead atoms. The van der Waals surface area contributed by atoms with Crippen LogP contribution in [0.1, 0.15) is 39.7 Å². The molecule has 7 heteroatoms. The van der Waals surface area contributed by atoms with Crippen molar-refractivity contribution in [3.8, 4) is 0 Å². The summed E-state index contributed by atoms with van der Waals surface area (Å²) in [7, 11) is 1.68. The van der Waals surface area contributed by atoms with Crippen molar-refractivity contribution < 1.29 is 4.79 Å². The van der Waals surface area contributed by atoms with Gasteiger partial charge in [0.2, 0.25) is 0 Å². The number of thiophene rings is 2. The number of hydrogen-bond donors (Lipinski definition) is 0. The van der Waals surface area contributed by atoms with Crippen molar-refractivity contribution >= 4 is 38.8 Å². The van der Waals surface area contributed by atoms with Gasteiger partial charge in [0.15, 0.2) is 0 Å². The van der Waals surface area contributed by atoms with Gasteiger partial charge >= 0.3 is 0 Å². The fourth-order valence-electron chi connectivity index (χ4n) is 3.36. The standard InChI is InChI=1S/C17H17N3O2S2/c1-10-13-15(18-9-19(2)16(13)21)24-14(10)17(22)20-6-3-4-12(20)11-5-7-23-8-11/h5,7-9,12H,3-4,6H2,1-2H3. The van der Waals surface area contributed by atoms with Crippen LogP contribution in [0.5, 0.6) is 0 Å². The summed E-state index contributed by atoms with van der Waals surface area (Å²) < 4.78 is 1.46. The largest absolute Gasteiger partial charge is 0.331 e. The SMILES string of the molecule is Cc1c(C(=O)N2CCCC2c2ccsc2)sc2ncn(C)c(=O)c12. The fraction of sp³-hybridized carbons (Fsp3) is 0.353. The third kappa shape index (κ3) is 2.31. The van der Waals surface area contributed by atoms with Crippen LogP contribution in [0.3, 0.4) is 0 Å². The van der Waals surface area contributed by atoms with Crippen LogP contribution in [0.15, 0.2) is 27.9 Å². The number of rotatable bonds is 2. The first-order valence-electron chi connectivity index (χ1n) is 7.85. The number of aryl methyl sites for hydroxylation is 2. The minimum atomic E-state index is -0.0939. The Bertz CT molecular complexity index is 972. The Labute approximate surface area is 147 Å². The first-order valence-corrected chi connectivity index (χ1v) is 9.61. The minimum Gasteiger partial charge on any atom is -0.331 e. The molecule has 0 saturated carbocycles. The highest BCUT2D eigenvalue weighted by atomic mass is 32.1. The van der Waals surface area contributed by atoms with Crippen molar-refractivity contribution in [2.24, 2.45) is 7.05 Å². The van der Waals surface area contributed by atoms with Gasteiger partial charge in [-0.25, -0.2) is 4.98 Å². The van der Waals surface area contributed by atoms with E-state index in [1.54, 1.807) is 18.4 Å². The predicted octanol–water partition coefficient (Wildman–Crippen LogP) is 3.34. The number of likely N-dealkylation sites (tertiary alicyclic amines) is 1. The van der Waals surface area contributed by atoms with Gasteiger partial charge in [-0.2, -0.15) is 11.3 Å². The van der Waals surface area contributed by atoms with Gasteiger partial charge in [0.25, 0.3) is 11.5 Å². The molecule has 1 amide bonds. The lowest BCUT2D eigenvalue weighted by Crippen LogP contribution is -2.30. The fourth-order valence-corrected chi connectivity index (χ4v) is 5.17. The highest BCUT2D eigenvalue weighted by molar-refractivity contribution is 7.20. The third-order valence-electron chi connectivity index (χ3n) is 4.65. The molecule has 1 atom stereocenters. The zero-order valence-corrected chi connectivity index (χ0v) is 15.1. The summed E-state index contributed by atoms with van der Waals surface area (Å²) in [4.78, 5) is 33.1. The van der Waals surface area contributed by atoms with Crippen LogP contribution in [-0.2, 0) is 7.05 Å². The van der Waals surface area contributed by atoms with Gasteiger partial charge in [-0.15, -0.1) is 11.3 Å². The Morgan fingerprint density at radius 3 is 3.00 bits per heavy atom. The minimum absolute atomic E-state index is 0.0197. The molecule has 1 saturated heterocycles. The zero-order valence-electron chi connectivity index (χ0n) is 13.5. The number of carbonyl (C=O) groups is 1. The quantitative estimate of drug-likeness (QED) is 0.705. The first-order chi connectivity index (χ1) is 11.6. The molecule has 0 spiro atoms. The Balaban J connectivity index is 1.77. The zero-order chi connectivity index (χ0) is 16.8. The molecule has 1 unspecified atom stereocenters. The molecule has 124 valence electrons. The van der Waals surface area contributed by atoms with E-state index >= 15 is 0 Å². The lowest BCUT2D eigenvalue weighted by atomic mass is 10.1. The Morgan fingerprint density at radius 1 is 1.42 bits per heavy atom. The molecule has 4 rings (SSSR count). The summed E-state index contributed by atoms with van der Waals surface area (Å²) >= 11 is 2.99. The average Bonchev–Trinajstić information content (AvgIpc) is 3.29. The summed E-state index contributed by atoms with van der Waals surface area (Å²) in [5.41, 5.74) is 1.87. The highest BCUT2D eigenvalue weighted by Gasteiger charge is 2.33. The molecule has 3 aromatic heterocycles. The smallest absolute Gasteiger partial charge is 0.264 e. The van der Waals surface area contributed by atoms with Gasteiger partial charge in [-0.3, -0.25) is 9.59 Å². The van der Waals surface area contributed by atoms with Crippen molar-refractivity contribution in [2.75, 3.05) is 6.54 Å². The van der Waals surface area contributed by atoms with E-state index in [2.05, 4.69) is 21.8 Å². The van der Waals surface area contributed by atoms with Crippen molar-refractivity contribution in [3.63, 3.8) is 0 Å². The molecular formula is C17H17N3O2S2. The molecule has 1 aliphatic heterocycles. The lowest BCUT2D eigenvalue weighted by molar-refractivity contribution is 0.0740. The molecular weight excluding hydrogens is 342 g/mol.